The van der Waals surface area contributed by atoms with Crippen molar-refractivity contribution in [2.24, 2.45) is 0 Å². The van der Waals surface area contributed by atoms with E-state index < -0.39 is 0 Å². The number of piperazine rings is 1. The van der Waals surface area contributed by atoms with E-state index in [-0.39, 0.29) is 17.8 Å². The van der Waals surface area contributed by atoms with Crippen LogP contribution < -0.4 is 20.9 Å². The molecule has 270 valence electrons. The van der Waals surface area contributed by atoms with Crippen LogP contribution >= 0.6 is 0 Å². The van der Waals surface area contributed by atoms with Gasteiger partial charge >= 0.3 is 6.03 Å². The Balaban J connectivity index is 0.897. The number of nitrogens with one attached hydrogen (secondary N) is 3. The maximum Gasteiger partial charge on any atom is 0.317 e. The largest absolute Gasteiger partial charge is 0.384 e. The molecule has 0 radical (unpaired) electrons. The highest BCUT2D eigenvalue weighted by Crippen LogP contribution is 2.37. The first-order valence-corrected chi connectivity index (χ1v) is 18.3. The molecule has 13 nitrogen and oxygen atoms in total. The topological polar surface area (TPSA) is 137 Å². The van der Waals surface area contributed by atoms with Crippen LogP contribution in [-0.4, -0.2) is 101 Å². The molecule has 0 saturated carbocycles. The Morgan fingerprint density at radius 2 is 1.79 bits per heavy atom. The number of benzene rings is 2. The molecule has 0 aliphatic carbocycles. The van der Waals surface area contributed by atoms with Crippen molar-refractivity contribution in [3.8, 4) is 11.3 Å². The van der Waals surface area contributed by atoms with Gasteiger partial charge in [0.05, 0.1) is 29.0 Å². The van der Waals surface area contributed by atoms with E-state index in [0.717, 1.165) is 103 Å². The van der Waals surface area contributed by atoms with Gasteiger partial charge in [-0.1, -0.05) is 24.8 Å². The molecule has 13 heteroatoms. The molecular weight excluding hydrogens is 658 g/mol. The molecule has 2 aromatic carbocycles. The Morgan fingerprint density at radius 3 is 2.60 bits per heavy atom. The van der Waals surface area contributed by atoms with Crippen LogP contribution in [0.25, 0.3) is 27.9 Å². The van der Waals surface area contributed by atoms with Crippen molar-refractivity contribution in [1.82, 2.24) is 35.0 Å². The molecule has 0 unspecified atom stereocenters. The first kappa shape index (κ1) is 33.7. The van der Waals surface area contributed by atoms with Crippen molar-refractivity contribution in [2.45, 2.75) is 45.2 Å². The Kier molecular flexibility index (Phi) is 9.27. The van der Waals surface area contributed by atoms with E-state index in [1.165, 1.54) is 0 Å². The first-order chi connectivity index (χ1) is 25.4. The van der Waals surface area contributed by atoms with Gasteiger partial charge < -0.3 is 40.0 Å². The molecule has 3 N–H and O–H groups in total. The van der Waals surface area contributed by atoms with Crippen LogP contribution in [0.1, 0.15) is 59.5 Å². The Labute approximate surface area is 303 Å². The van der Waals surface area contributed by atoms with Crippen molar-refractivity contribution >= 4 is 45.8 Å². The third kappa shape index (κ3) is 6.45. The highest BCUT2D eigenvalue weighted by atomic mass is 16.5. The van der Waals surface area contributed by atoms with Crippen LogP contribution in [0, 0.1) is 0 Å². The number of ether oxygens (including phenoxy) is 1. The summed E-state index contributed by atoms with van der Waals surface area (Å²) < 4.78 is 8.01. The van der Waals surface area contributed by atoms with Gasteiger partial charge in [-0.25, -0.2) is 9.78 Å². The van der Waals surface area contributed by atoms with Crippen molar-refractivity contribution in [2.75, 3.05) is 69.2 Å². The third-order valence-electron chi connectivity index (χ3n) is 10.8. The lowest BCUT2D eigenvalue weighted by atomic mass is 9.99. The van der Waals surface area contributed by atoms with E-state index in [9.17, 15) is 14.4 Å². The van der Waals surface area contributed by atoms with E-state index in [2.05, 4.69) is 50.2 Å². The minimum atomic E-state index is -0.143. The second-order valence-electron chi connectivity index (χ2n) is 14.0. The van der Waals surface area contributed by atoms with Gasteiger partial charge in [-0.2, -0.15) is 0 Å². The third-order valence-corrected chi connectivity index (χ3v) is 10.8. The van der Waals surface area contributed by atoms with Crippen molar-refractivity contribution < 1.29 is 19.1 Å². The van der Waals surface area contributed by atoms with E-state index in [4.69, 9.17) is 14.7 Å². The average Bonchev–Trinajstić information content (AvgIpc) is 3.70. The van der Waals surface area contributed by atoms with Gasteiger partial charge in [-0.05, 0) is 43.5 Å². The zero-order chi connectivity index (χ0) is 35.8. The monoisotopic (exact) mass is 703 g/mol. The van der Waals surface area contributed by atoms with E-state index in [0.29, 0.717) is 56.4 Å². The molecule has 0 bridgehead atoms. The fourth-order valence-electron chi connectivity index (χ4n) is 7.94. The number of carbonyl (C=O) groups is 3. The predicted octanol–water partition coefficient (Wildman–Crippen LogP) is 4.40. The summed E-state index contributed by atoms with van der Waals surface area (Å²) in [5, 5.41) is 10.2. The molecule has 4 amide bonds. The highest BCUT2D eigenvalue weighted by Gasteiger charge is 2.31. The second kappa shape index (κ2) is 14.3. The first-order valence-electron chi connectivity index (χ1n) is 18.3. The van der Waals surface area contributed by atoms with Gasteiger partial charge in [-0.15, -0.1) is 0 Å². The fourth-order valence-corrected chi connectivity index (χ4v) is 7.94. The van der Waals surface area contributed by atoms with Crippen LogP contribution in [0.5, 0.6) is 0 Å². The summed E-state index contributed by atoms with van der Waals surface area (Å²) in [5.74, 6) is 1.39. The smallest absolute Gasteiger partial charge is 0.317 e. The molecule has 4 aromatic rings. The molecule has 4 aliphatic heterocycles. The van der Waals surface area contributed by atoms with Gasteiger partial charge in [0.25, 0.3) is 5.91 Å². The summed E-state index contributed by atoms with van der Waals surface area (Å²) in [6, 6.07) is 14.1. The number of nitrogens with zero attached hydrogens (tertiary/aromatic N) is 6. The summed E-state index contributed by atoms with van der Waals surface area (Å²) in [6.07, 6.45) is 4.48. The van der Waals surface area contributed by atoms with Crippen molar-refractivity contribution in [3.63, 3.8) is 0 Å². The minimum absolute atomic E-state index is 0.0624. The van der Waals surface area contributed by atoms with E-state index >= 15 is 0 Å². The lowest BCUT2D eigenvalue weighted by Crippen LogP contribution is -2.52. The molecule has 2 aromatic heterocycles. The summed E-state index contributed by atoms with van der Waals surface area (Å²) in [6.45, 7) is 12.8. The number of hydrogen-bond donors (Lipinski definition) is 3. The van der Waals surface area contributed by atoms with E-state index in [1.54, 1.807) is 6.92 Å². The van der Waals surface area contributed by atoms with Gasteiger partial charge in [0.2, 0.25) is 5.91 Å². The zero-order valence-corrected chi connectivity index (χ0v) is 29.6. The number of imidazole rings is 1. The summed E-state index contributed by atoms with van der Waals surface area (Å²) in [5.41, 5.74) is 7.86. The maximum absolute atomic E-state index is 13.0. The Hall–Kier alpha value is -5.43. The van der Waals surface area contributed by atoms with Crippen LogP contribution in [0.2, 0.25) is 0 Å². The normalized spacial score (nSPS) is 17.6. The van der Waals surface area contributed by atoms with Crippen LogP contribution in [0.4, 0.5) is 16.2 Å². The van der Waals surface area contributed by atoms with Gasteiger partial charge in [0.15, 0.2) is 0 Å². The molecule has 6 heterocycles. The number of anilines is 2. The number of urea groups is 1. The summed E-state index contributed by atoms with van der Waals surface area (Å²) >= 11 is 0. The highest BCUT2D eigenvalue weighted by molar-refractivity contribution is 6.12. The lowest BCUT2D eigenvalue weighted by molar-refractivity contribution is -0.130. The number of carbonyl (C=O) groups excluding carboxylic acids is 3. The summed E-state index contributed by atoms with van der Waals surface area (Å²) in [7, 11) is 0. The minimum Gasteiger partial charge on any atom is -0.384 e. The van der Waals surface area contributed by atoms with Gasteiger partial charge in [-0.3, -0.25) is 14.6 Å². The molecule has 0 spiro atoms. The SMILES string of the molecule is C=C1NC(=O)c2c(NCCCNC(=O)N3CCN(c4ccc5c(-c6nc(C7CCOCC7)n7c6CN(C(C)=O)CC7)ccnc5c4)CC3)cccc21. The van der Waals surface area contributed by atoms with Crippen molar-refractivity contribution in [1.29, 1.82) is 0 Å². The lowest BCUT2D eigenvalue weighted by Gasteiger charge is -2.36. The zero-order valence-electron chi connectivity index (χ0n) is 29.6. The molecular formula is C39H45N9O4. The fraction of sp³-hybridized carbons (Fsp3) is 0.410. The Bertz CT molecular complexity index is 2040. The number of fused-ring (bicyclic) bond motifs is 3. The number of rotatable bonds is 8. The van der Waals surface area contributed by atoms with Gasteiger partial charge in [0.1, 0.15) is 5.82 Å². The molecule has 8 rings (SSSR count). The van der Waals surface area contributed by atoms with Gasteiger partial charge in [0, 0.05) is 118 Å². The standard InChI is InChI=1S/C39H45N9O4/c1-25-29-5-3-6-32(35(29)38(50)43-25)40-12-4-13-42-39(51)46-17-15-45(16-18-46)28-7-8-30-31(9-14-41-33(30)23-28)36-34-24-47(26(2)49)19-20-48(34)37(44-36)27-10-21-52-22-11-27/h3,5-9,14,23,27,40H,1,4,10-13,15-22,24H2,2H3,(H,42,51)(H,43,50). The molecule has 2 fully saturated rings. The summed E-state index contributed by atoms with van der Waals surface area (Å²) in [4.78, 5) is 53.8. The maximum atomic E-state index is 13.0. The van der Waals surface area contributed by atoms with Crippen LogP contribution in [0.15, 0.2) is 55.2 Å². The Morgan fingerprint density at radius 1 is 0.981 bits per heavy atom. The molecule has 2 saturated heterocycles. The number of pyridine rings is 1. The quantitative estimate of drug-likeness (QED) is 0.230. The average molecular weight is 704 g/mol. The second-order valence-corrected chi connectivity index (χ2v) is 14.0. The number of aromatic nitrogens is 3. The van der Waals surface area contributed by atoms with Crippen LogP contribution in [-0.2, 0) is 22.6 Å². The molecule has 52 heavy (non-hydrogen) atoms. The number of amides is 4. The van der Waals surface area contributed by atoms with Crippen LogP contribution in [0.3, 0.4) is 0 Å². The molecule has 0 atom stereocenters. The number of hydrogen-bond acceptors (Lipinski definition) is 8. The predicted molar refractivity (Wildman–Crippen MR) is 200 cm³/mol. The molecule has 4 aliphatic rings. The van der Waals surface area contributed by atoms with E-state index in [1.807, 2.05) is 40.3 Å². The van der Waals surface area contributed by atoms with Crippen molar-refractivity contribution in [3.05, 3.63) is 77.9 Å².